The fourth-order valence-corrected chi connectivity index (χ4v) is 5.45. The average molecular weight is 433 g/mol. The molecule has 1 nitrogen and oxygen atoms in total. The van der Waals surface area contributed by atoms with Gasteiger partial charge in [0.1, 0.15) is 11.5 Å². The molecule has 27 heavy (non-hydrogen) atoms. The van der Waals surface area contributed by atoms with Gasteiger partial charge in [-0.15, -0.1) is 0 Å². The highest BCUT2D eigenvalue weighted by atomic mass is 79.9. The first-order chi connectivity index (χ1) is 13.3. The molecule has 4 rings (SSSR count). The molecule has 0 aliphatic rings. The average Bonchev–Trinajstić information content (AvgIpc) is 2.73. The van der Waals surface area contributed by atoms with Crippen LogP contribution in [0.15, 0.2) is 114 Å². The molecule has 0 N–H and O–H groups in total. The summed E-state index contributed by atoms with van der Waals surface area (Å²) in [6.45, 7) is 0. The third kappa shape index (κ3) is 4.47. The van der Waals surface area contributed by atoms with Crippen molar-refractivity contribution in [2.24, 2.45) is 0 Å². The van der Waals surface area contributed by atoms with E-state index in [-0.39, 0.29) is 0 Å². The maximum absolute atomic E-state index is 5.97. The second-order valence-corrected chi connectivity index (χ2v) is 9.19. The molecule has 0 unspecified atom stereocenters. The first kappa shape index (κ1) is 18.0. The lowest BCUT2D eigenvalue weighted by Gasteiger charge is -2.19. The van der Waals surface area contributed by atoms with Crippen molar-refractivity contribution in [1.29, 1.82) is 0 Å². The molecule has 0 spiro atoms. The molecule has 0 radical (unpaired) electrons. The number of hydrogen-bond acceptors (Lipinski definition) is 1. The second-order valence-electron chi connectivity index (χ2n) is 6.06. The molecule has 0 aliphatic heterocycles. The normalized spacial score (nSPS) is 10.7. The maximum atomic E-state index is 5.97. The zero-order valence-corrected chi connectivity index (χ0v) is 17.1. The maximum Gasteiger partial charge on any atom is 0.127 e. The van der Waals surface area contributed by atoms with Crippen molar-refractivity contribution in [2.75, 3.05) is 0 Å². The molecule has 0 saturated heterocycles. The number of halogens is 1. The van der Waals surface area contributed by atoms with Crippen molar-refractivity contribution in [2.45, 2.75) is 0 Å². The number of hydrogen-bond donors (Lipinski definition) is 0. The van der Waals surface area contributed by atoms with Gasteiger partial charge in [-0.2, -0.15) is 0 Å². The summed E-state index contributed by atoms with van der Waals surface area (Å²) in [5.74, 6) is 1.68. The summed E-state index contributed by atoms with van der Waals surface area (Å²) in [7, 11) is -0.584. The van der Waals surface area contributed by atoms with Crippen LogP contribution >= 0.6 is 23.9 Å². The lowest BCUT2D eigenvalue weighted by atomic mass is 10.3. The van der Waals surface area contributed by atoms with Crippen LogP contribution in [0.3, 0.4) is 0 Å². The van der Waals surface area contributed by atoms with Crippen molar-refractivity contribution >= 4 is 39.8 Å². The van der Waals surface area contributed by atoms with Crippen LogP contribution in [0.2, 0.25) is 0 Å². The van der Waals surface area contributed by atoms with Crippen molar-refractivity contribution in [3.8, 4) is 11.5 Å². The highest BCUT2D eigenvalue weighted by Gasteiger charge is 2.16. The fraction of sp³-hybridized carbons (Fsp3) is 0. The highest BCUT2D eigenvalue weighted by Crippen LogP contribution is 2.33. The van der Waals surface area contributed by atoms with E-state index in [0.717, 1.165) is 16.0 Å². The van der Waals surface area contributed by atoms with E-state index in [1.165, 1.54) is 15.9 Å². The summed E-state index contributed by atoms with van der Waals surface area (Å²) in [5, 5.41) is 4.01. The third-order valence-electron chi connectivity index (χ3n) is 4.17. The van der Waals surface area contributed by atoms with Crippen LogP contribution in [-0.4, -0.2) is 0 Å². The number of ether oxygens (including phenoxy) is 1. The molecule has 0 aromatic heterocycles. The summed E-state index contributed by atoms with van der Waals surface area (Å²) < 4.78 is 7.01. The zero-order chi connectivity index (χ0) is 18.5. The van der Waals surface area contributed by atoms with Crippen LogP contribution in [-0.2, 0) is 0 Å². The molecule has 132 valence electrons. The van der Waals surface area contributed by atoms with E-state index in [4.69, 9.17) is 4.74 Å². The minimum atomic E-state index is -0.584. The minimum Gasteiger partial charge on any atom is -0.457 e. The summed E-state index contributed by atoms with van der Waals surface area (Å²) in [6, 6.07) is 37.8. The van der Waals surface area contributed by atoms with E-state index >= 15 is 0 Å². The van der Waals surface area contributed by atoms with Gasteiger partial charge in [-0.1, -0.05) is 88.7 Å². The Hall–Kier alpha value is -2.41. The van der Waals surface area contributed by atoms with Gasteiger partial charge in [0.05, 0.1) is 0 Å². The van der Waals surface area contributed by atoms with E-state index in [1.807, 2.05) is 24.3 Å². The molecule has 0 fully saturated rings. The van der Waals surface area contributed by atoms with Gasteiger partial charge in [0.2, 0.25) is 0 Å². The number of benzene rings is 4. The summed E-state index contributed by atoms with van der Waals surface area (Å²) in [4.78, 5) is 0. The Morgan fingerprint density at radius 3 is 1.37 bits per heavy atom. The Kier molecular flexibility index (Phi) is 5.67. The lowest BCUT2D eigenvalue weighted by Crippen LogP contribution is -2.20. The molecule has 0 amide bonds. The van der Waals surface area contributed by atoms with Crippen LogP contribution in [0, 0.1) is 0 Å². The molecule has 0 saturated carbocycles. The van der Waals surface area contributed by atoms with E-state index in [9.17, 15) is 0 Å². The Morgan fingerprint density at radius 1 is 0.481 bits per heavy atom. The topological polar surface area (TPSA) is 9.23 Å². The molecule has 0 heterocycles. The predicted molar refractivity (Wildman–Crippen MR) is 119 cm³/mol. The van der Waals surface area contributed by atoms with Gasteiger partial charge < -0.3 is 4.74 Å². The first-order valence-electron chi connectivity index (χ1n) is 8.73. The van der Waals surface area contributed by atoms with E-state index in [2.05, 4.69) is 101 Å². The van der Waals surface area contributed by atoms with Gasteiger partial charge in [0.15, 0.2) is 0 Å². The van der Waals surface area contributed by atoms with Crippen LogP contribution in [0.1, 0.15) is 0 Å². The Labute approximate surface area is 169 Å². The third-order valence-corrected chi connectivity index (χ3v) is 7.15. The largest absolute Gasteiger partial charge is 0.457 e. The molecular formula is C24H18BrOP. The summed E-state index contributed by atoms with van der Waals surface area (Å²) >= 11 is 3.45. The van der Waals surface area contributed by atoms with Crippen LogP contribution in [0.5, 0.6) is 11.5 Å². The standard InChI is InChI=1S/C24H18BrOP/c25-19-11-13-20(14-12-19)26-21-15-17-24(18-16-21)27(22-7-3-1-4-8-22)23-9-5-2-6-10-23/h1-18H. The van der Waals surface area contributed by atoms with Crippen LogP contribution < -0.4 is 20.7 Å². The van der Waals surface area contributed by atoms with Gasteiger partial charge in [0, 0.05) is 4.47 Å². The minimum absolute atomic E-state index is 0.584. The van der Waals surface area contributed by atoms with E-state index < -0.39 is 7.92 Å². The van der Waals surface area contributed by atoms with Gasteiger partial charge in [0.25, 0.3) is 0 Å². The monoisotopic (exact) mass is 432 g/mol. The lowest BCUT2D eigenvalue weighted by molar-refractivity contribution is 0.483. The fourth-order valence-electron chi connectivity index (χ4n) is 2.90. The van der Waals surface area contributed by atoms with Crippen LogP contribution in [0.25, 0.3) is 0 Å². The zero-order valence-electron chi connectivity index (χ0n) is 14.6. The molecule has 4 aromatic carbocycles. The molecule has 0 aliphatic carbocycles. The second kappa shape index (κ2) is 8.52. The predicted octanol–water partition coefficient (Wildman–Crippen LogP) is 6.00. The van der Waals surface area contributed by atoms with E-state index in [0.29, 0.717) is 0 Å². The van der Waals surface area contributed by atoms with Crippen molar-refractivity contribution in [3.05, 3.63) is 114 Å². The smallest absolute Gasteiger partial charge is 0.127 e. The molecule has 0 atom stereocenters. The Bertz CT molecular complexity index is 944. The molecule has 4 aromatic rings. The van der Waals surface area contributed by atoms with Crippen molar-refractivity contribution in [3.63, 3.8) is 0 Å². The van der Waals surface area contributed by atoms with Crippen molar-refractivity contribution in [1.82, 2.24) is 0 Å². The van der Waals surface area contributed by atoms with Crippen molar-refractivity contribution < 1.29 is 4.74 Å². The van der Waals surface area contributed by atoms with E-state index in [1.54, 1.807) is 0 Å². The Morgan fingerprint density at radius 2 is 0.889 bits per heavy atom. The number of rotatable bonds is 5. The summed E-state index contributed by atoms with van der Waals surface area (Å²) in [6.07, 6.45) is 0. The molecule has 3 heteroatoms. The van der Waals surface area contributed by atoms with Gasteiger partial charge in [-0.25, -0.2) is 0 Å². The Balaban J connectivity index is 1.64. The van der Waals surface area contributed by atoms with Crippen LogP contribution in [0.4, 0.5) is 0 Å². The van der Waals surface area contributed by atoms with Gasteiger partial charge >= 0.3 is 0 Å². The quantitative estimate of drug-likeness (QED) is 0.351. The summed E-state index contributed by atoms with van der Waals surface area (Å²) in [5.41, 5.74) is 0. The van der Waals surface area contributed by atoms with Gasteiger partial charge in [-0.3, -0.25) is 0 Å². The first-order valence-corrected chi connectivity index (χ1v) is 10.9. The highest BCUT2D eigenvalue weighted by molar-refractivity contribution is 9.10. The van der Waals surface area contributed by atoms with Gasteiger partial charge in [-0.05, 0) is 60.2 Å². The SMILES string of the molecule is Brc1ccc(Oc2ccc(P(c3ccccc3)c3ccccc3)cc2)cc1. The molecule has 0 bridgehead atoms. The molecular weight excluding hydrogens is 415 g/mol.